The van der Waals surface area contributed by atoms with E-state index in [4.69, 9.17) is 56.1 Å². The van der Waals surface area contributed by atoms with E-state index in [1.54, 1.807) is 0 Å². The number of hydrogen-bond acceptors (Lipinski definition) is 16. The number of carboxylic acids is 4. The summed E-state index contributed by atoms with van der Waals surface area (Å²) < 4.78 is 0. The minimum atomic E-state index is -1.18. The van der Waals surface area contributed by atoms with Crippen molar-refractivity contribution in [1.29, 1.82) is 0 Å². The molecular formula is C24H60N10O8Zn. The Kier molecular flexibility index (Phi) is 55.8. The molecule has 0 saturated heterocycles. The predicted molar refractivity (Wildman–Crippen MR) is 159 cm³/mol. The van der Waals surface area contributed by atoms with E-state index in [0.717, 1.165) is 51.4 Å². The molecule has 0 saturated carbocycles. The van der Waals surface area contributed by atoms with Gasteiger partial charge < -0.3 is 88.2 Å². The second-order valence-corrected chi connectivity index (χ2v) is 8.88. The molecule has 0 aliphatic rings. The van der Waals surface area contributed by atoms with Gasteiger partial charge in [-0.1, -0.05) is 25.7 Å². The summed E-state index contributed by atoms with van der Waals surface area (Å²) in [5, 5.41) is 36.7. The zero-order valence-corrected chi connectivity index (χ0v) is 28.7. The summed E-state index contributed by atoms with van der Waals surface area (Å²) >= 11 is 0. The first-order valence-electron chi connectivity index (χ1n) is 13.4. The second kappa shape index (κ2) is 42.2. The van der Waals surface area contributed by atoms with E-state index < -0.39 is 48.0 Å². The molecule has 0 amide bonds. The zero-order valence-electron chi connectivity index (χ0n) is 25.7. The molecule has 0 aliphatic heterocycles. The third-order valence-corrected chi connectivity index (χ3v) is 5.12. The van der Waals surface area contributed by atoms with Gasteiger partial charge in [-0.2, -0.15) is 0 Å². The number of carbonyl (C=O) groups excluding carboxylic acids is 2. The summed E-state index contributed by atoms with van der Waals surface area (Å²) in [6, 6.07) is -3.09. The van der Waals surface area contributed by atoms with Gasteiger partial charge in [-0.05, 0) is 77.5 Å². The Morgan fingerprint density at radius 2 is 0.651 bits per heavy atom. The van der Waals surface area contributed by atoms with Crippen LogP contribution < -0.4 is 68.4 Å². The van der Waals surface area contributed by atoms with Crippen LogP contribution in [-0.4, -0.2) is 84.4 Å². The van der Waals surface area contributed by atoms with Gasteiger partial charge in [0.05, 0.1) is 11.9 Å². The van der Waals surface area contributed by atoms with Crippen LogP contribution in [0.15, 0.2) is 0 Å². The fourth-order valence-electron chi connectivity index (χ4n) is 2.52. The Morgan fingerprint density at radius 3 is 0.791 bits per heavy atom. The molecule has 24 N–H and O–H groups in total. The van der Waals surface area contributed by atoms with Gasteiger partial charge in [0.25, 0.3) is 0 Å². The molecule has 4 atom stereocenters. The average molecular weight is 682 g/mol. The van der Waals surface area contributed by atoms with E-state index >= 15 is 0 Å². The Balaban J connectivity index is -0.0000000785. The number of carboxylic acid groups (broad SMARTS) is 4. The zero-order chi connectivity index (χ0) is 31.9. The SMILES string of the molecule is N.N.NCCCCC(N)C(=O)O.NCCCCC(N)C(=O)O.NCCCCC(N)C(=O)[O-].NCCCCC(N)C(=O)[O-].[Zn+2]. The minimum absolute atomic E-state index is 0. The molecule has 0 rings (SSSR count). The van der Waals surface area contributed by atoms with E-state index in [1.165, 1.54) is 0 Å². The molecule has 0 aromatic heterocycles. The van der Waals surface area contributed by atoms with E-state index in [9.17, 15) is 29.4 Å². The number of carbonyl (C=O) groups is 4. The van der Waals surface area contributed by atoms with Crippen LogP contribution >= 0.6 is 0 Å². The standard InChI is InChI=1S/4C6H14N2O2.2H3N.Zn/c4*7-4-2-1-3-5(8)6(9)10;;;/h4*5H,1-4,7-8H2,(H,9,10);2*1H3;/q;;;;;;+2/p-2. The molecule has 0 bridgehead atoms. The monoisotopic (exact) mass is 680 g/mol. The smallest absolute Gasteiger partial charge is 0.548 e. The van der Waals surface area contributed by atoms with Crippen molar-refractivity contribution in [3.8, 4) is 0 Å². The van der Waals surface area contributed by atoms with Crippen LogP contribution in [0.5, 0.6) is 0 Å². The maximum atomic E-state index is 10.1. The van der Waals surface area contributed by atoms with Gasteiger partial charge in [0.1, 0.15) is 12.1 Å². The van der Waals surface area contributed by atoms with E-state index in [-0.39, 0.29) is 31.8 Å². The normalized spacial score (nSPS) is 12.1. The molecule has 0 aromatic rings. The summed E-state index contributed by atoms with van der Waals surface area (Å²) in [7, 11) is 0. The third kappa shape index (κ3) is 50.1. The molecule has 256 valence electrons. The number of unbranched alkanes of at least 4 members (excludes halogenated alkanes) is 4. The molecule has 0 aromatic carbocycles. The van der Waals surface area contributed by atoms with Crippen LogP contribution in [0.3, 0.4) is 0 Å². The molecule has 0 aliphatic carbocycles. The summed E-state index contributed by atoms with van der Waals surface area (Å²) in [6.07, 6.45) is 8.40. The minimum Gasteiger partial charge on any atom is -0.548 e. The Labute approximate surface area is 268 Å². The van der Waals surface area contributed by atoms with Crippen LogP contribution in [0, 0.1) is 0 Å². The molecule has 0 radical (unpaired) electrons. The number of aliphatic carboxylic acids is 4. The first kappa shape index (κ1) is 56.8. The summed E-state index contributed by atoms with van der Waals surface area (Å²) in [5.74, 6) is -4.23. The molecule has 18 nitrogen and oxygen atoms in total. The van der Waals surface area contributed by atoms with Crippen molar-refractivity contribution in [3.05, 3.63) is 0 Å². The van der Waals surface area contributed by atoms with Crippen LogP contribution in [0.1, 0.15) is 77.0 Å². The van der Waals surface area contributed by atoms with Gasteiger partial charge in [0, 0.05) is 12.1 Å². The van der Waals surface area contributed by atoms with Crippen molar-refractivity contribution in [1.82, 2.24) is 12.3 Å². The van der Waals surface area contributed by atoms with Crippen molar-refractivity contribution in [2.75, 3.05) is 26.2 Å². The van der Waals surface area contributed by atoms with Crippen molar-refractivity contribution < 1.29 is 59.1 Å². The predicted octanol–water partition coefficient (Wildman–Crippen LogP) is -4.24. The molecule has 4 unspecified atom stereocenters. The van der Waals surface area contributed by atoms with Gasteiger partial charge in [-0.25, -0.2) is 0 Å². The van der Waals surface area contributed by atoms with Gasteiger partial charge in [-0.15, -0.1) is 0 Å². The first-order valence-corrected chi connectivity index (χ1v) is 13.4. The van der Waals surface area contributed by atoms with Crippen LogP contribution in [0.25, 0.3) is 0 Å². The van der Waals surface area contributed by atoms with Crippen LogP contribution in [-0.2, 0) is 38.7 Å². The molecule has 0 spiro atoms. The Morgan fingerprint density at radius 1 is 0.465 bits per heavy atom. The first-order chi connectivity index (χ1) is 18.7. The van der Waals surface area contributed by atoms with Gasteiger partial charge >= 0.3 is 31.4 Å². The fourth-order valence-corrected chi connectivity index (χ4v) is 2.52. The molecular weight excluding hydrogens is 622 g/mol. The van der Waals surface area contributed by atoms with Gasteiger partial charge in [-0.3, -0.25) is 9.59 Å². The molecule has 43 heavy (non-hydrogen) atoms. The largest absolute Gasteiger partial charge is 2.00 e. The summed E-state index contributed by atoms with van der Waals surface area (Å²) in [5.41, 5.74) is 41.5. The van der Waals surface area contributed by atoms with Gasteiger partial charge in [0.2, 0.25) is 0 Å². The van der Waals surface area contributed by atoms with Crippen molar-refractivity contribution in [3.63, 3.8) is 0 Å². The van der Waals surface area contributed by atoms with E-state index in [2.05, 4.69) is 0 Å². The van der Waals surface area contributed by atoms with E-state index in [0.29, 0.717) is 51.9 Å². The molecule has 19 heteroatoms. The summed E-state index contributed by atoms with van der Waals surface area (Å²) in [4.78, 5) is 40.3. The Bertz CT molecular complexity index is 539. The topological polar surface area (TPSA) is 433 Å². The van der Waals surface area contributed by atoms with Gasteiger partial charge in [0.15, 0.2) is 0 Å². The quantitative estimate of drug-likeness (QED) is 0.0427. The average Bonchev–Trinajstić information content (AvgIpc) is 2.89. The maximum Gasteiger partial charge on any atom is 2.00 e. The van der Waals surface area contributed by atoms with Crippen molar-refractivity contribution in [2.45, 2.75) is 101 Å². The van der Waals surface area contributed by atoms with E-state index in [1.807, 2.05) is 0 Å². The van der Waals surface area contributed by atoms with Crippen molar-refractivity contribution >= 4 is 23.9 Å². The van der Waals surface area contributed by atoms with Crippen LogP contribution in [0.2, 0.25) is 0 Å². The summed E-state index contributed by atoms with van der Waals surface area (Å²) in [6.45, 7) is 2.37. The maximum absolute atomic E-state index is 10.1. The van der Waals surface area contributed by atoms with Crippen molar-refractivity contribution in [2.24, 2.45) is 45.9 Å². The Hall–Kier alpha value is -1.90. The number of nitrogens with two attached hydrogens (primary N) is 8. The van der Waals surface area contributed by atoms with Crippen LogP contribution in [0.4, 0.5) is 0 Å². The fraction of sp³-hybridized carbons (Fsp3) is 0.833. The molecule has 0 heterocycles. The number of hydrogen-bond donors (Lipinski definition) is 12. The number of rotatable bonds is 20. The third-order valence-electron chi connectivity index (χ3n) is 5.12. The molecule has 0 fully saturated rings. The second-order valence-electron chi connectivity index (χ2n) is 8.88.